The summed E-state index contributed by atoms with van der Waals surface area (Å²) >= 11 is 0. The van der Waals surface area contributed by atoms with Gasteiger partial charge in [0.15, 0.2) is 0 Å². The molecule has 60 valence electrons. The van der Waals surface area contributed by atoms with Gasteiger partial charge in [-0.25, -0.2) is 0 Å². The maximum atomic E-state index is 9.24. The second-order valence-electron chi connectivity index (χ2n) is 2.87. The van der Waals surface area contributed by atoms with Gasteiger partial charge >= 0.3 is 0 Å². The Kier molecular flexibility index (Phi) is 2.65. The first kappa shape index (κ1) is 7.98. The predicted octanol–water partition coefficient (Wildman–Crippen LogP) is -0.600. The van der Waals surface area contributed by atoms with E-state index in [1.807, 2.05) is 0 Å². The Morgan fingerprint density at radius 2 is 2.40 bits per heavy atom. The van der Waals surface area contributed by atoms with Crippen LogP contribution in [0.3, 0.4) is 0 Å². The number of likely N-dealkylation sites (N-methyl/N-ethyl adjacent to an activating group) is 1. The molecule has 1 fully saturated rings. The number of nitrogens with zero attached hydrogens (tertiary/aromatic N) is 1. The summed E-state index contributed by atoms with van der Waals surface area (Å²) in [5.74, 6) is 0. The normalized spacial score (nSPS) is 35.1. The van der Waals surface area contributed by atoms with Crippen molar-refractivity contribution >= 4 is 0 Å². The number of β-amino-alcohol motifs (C(OH)–C–C–N with tert-alkyl or cyclic N) is 1. The zero-order valence-electron chi connectivity index (χ0n) is 6.45. The van der Waals surface area contributed by atoms with E-state index in [0.29, 0.717) is 12.6 Å². The van der Waals surface area contributed by atoms with Gasteiger partial charge in [0.05, 0.1) is 6.10 Å². The van der Waals surface area contributed by atoms with Crippen LogP contribution in [0.25, 0.3) is 0 Å². The Bertz CT molecular complexity index is 95.8. The first-order valence-electron chi connectivity index (χ1n) is 3.90. The van der Waals surface area contributed by atoms with Gasteiger partial charge in [-0.3, -0.25) is 4.90 Å². The van der Waals surface area contributed by atoms with Crippen LogP contribution in [-0.2, 0) is 0 Å². The van der Waals surface area contributed by atoms with Gasteiger partial charge in [0.2, 0.25) is 0 Å². The molecule has 1 rings (SSSR count). The average Bonchev–Trinajstić information content (AvgIpc) is 2.30. The van der Waals surface area contributed by atoms with E-state index in [9.17, 15) is 5.11 Å². The fourth-order valence-electron chi connectivity index (χ4n) is 1.59. The summed E-state index contributed by atoms with van der Waals surface area (Å²) in [5.41, 5.74) is 5.51. The van der Waals surface area contributed by atoms with E-state index in [1.165, 1.54) is 0 Å². The van der Waals surface area contributed by atoms with Crippen LogP contribution in [0, 0.1) is 0 Å². The molecule has 0 aromatic rings. The van der Waals surface area contributed by atoms with E-state index in [2.05, 4.69) is 11.8 Å². The molecule has 3 nitrogen and oxygen atoms in total. The van der Waals surface area contributed by atoms with Crippen molar-refractivity contribution in [2.24, 2.45) is 5.73 Å². The second kappa shape index (κ2) is 3.32. The number of hydrogen-bond donors (Lipinski definition) is 2. The summed E-state index contributed by atoms with van der Waals surface area (Å²) < 4.78 is 0. The number of aliphatic hydroxyl groups is 1. The molecule has 1 saturated heterocycles. The van der Waals surface area contributed by atoms with Crippen LogP contribution in [0.1, 0.15) is 13.3 Å². The fraction of sp³-hybridized carbons (Fsp3) is 1.00. The van der Waals surface area contributed by atoms with E-state index < -0.39 is 0 Å². The smallest absolute Gasteiger partial charge is 0.0682 e. The summed E-state index contributed by atoms with van der Waals surface area (Å²) in [6.45, 7) is 4.57. The predicted molar refractivity (Wildman–Crippen MR) is 40.7 cm³/mol. The van der Waals surface area contributed by atoms with E-state index in [-0.39, 0.29) is 6.10 Å². The van der Waals surface area contributed by atoms with Gasteiger partial charge in [0.1, 0.15) is 0 Å². The quantitative estimate of drug-likeness (QED) is 0.544. The molecule has 0 spiro atoms. The first-order valence-corrected chi connectivity index (χ1v) is 3.90. The number of likely N-dealkylation sites (tertiary alicyclic amines) is 1. The maximum absolute atomic E-state index is 9.24. The van der Waals surface area contributed by atoms with Crippen molar-refractivity contribution in [3.8, 4) is 0 Å². The molecular formula is C7H16N2O. The SMILES string of the molecule is CCN1CC(O)CC1CN. The van der Waals surface area contributed by atoms with Gasteiger partial charge in [-0.1, -0.05) is 6.92 Å². The molecule has 1 aliphatic heterocycles. The highest BCUT2D eigenvalue weighted by molar-refractivity contribution is 4.84. The lowest BCUT2D eigenvalue weighted by molar-refractivity contribution is 0.177. The number of aliphatic hydroxyl groups excluding tert-OH is 1. The largest absolute Gasteiger partial charge is 0.392 e. The van der Waals surface area contributed by atoms with Gasteiger partial charge in [0.25, 0.3) is 0 Å². The molecule has 2 atom stereocenters. The van der Waals surface area contributed by atoms with Gasteiger partial charge < -0.3 is 10.8 Å². The van der Waals surface area contributed by atoms with Crippen LogP contribution >= 0.6 is 0 Å². The first-order chi connectivity index (χ1) is 4.77. The Morgan fingerprint density at radius 1 is 1.70 bits per heavy atom. The van der Waals surface area contributed by atoms with Gasteiger partial charge in [-0.15, -0.1) is 0 Å². The third-order valence-electron chi connectivity index (χ3n) is 2.18. The lowest BCUT2D eigenvalue weighted by atomic mass is 10.2. The summed E-state index contributed by atoms with van der Waals surface area (Å²) in [6, 6.07) is 0.417. The monoisotopic (exact) mass is 144 g/mol. The third kappa shape index (κ3) is 1.48. The Hall–Kier alpha value is -0.120. The molecule has 1 aliphatic rings. The van der Waals surface area contributed by atoms with Crippen molar-refractivity contribution in [3.05, 3.63) is 0 Å². The minimum atomic E-state index is -0.145. The van der Waals surface area contributed by atoms with E-state index in [4.69, 9.17) is 5.73 Å². The molecule has 0 amide bonds. The lowest BCUT2D eigenvalue weighted by Crippen LogP contribution is -2.35. The zero-order valence-corrected chi connectivity index (χ0v) is 6.45. The van der Waals surface area contributed by atoms with Crippen LogP contribution in [0.4, 0.5) is 0 Å². The maximum Gasteiger partial charge on any atom is 0.0682 e. The van der Waals surface area contributed by atoms with Crippen molar-refractivity contribution in [2.45, 2.75) is 25.5 Å². The topological polar surface area (TPSA) is 49.5 Å². The molecule has 3 heteroatoms. The number of nitrogens with two attached hydrogens (primary N) is 1. The van der Waals surface area contributed by atoms with E-state index in [1.54, 1.807) is 0 Å². The van der Waals surface area contributed by atoms with Crippen LogP contribution in [-0.4, -0.2) is 41.8 Å². The Morgan fingerprint density at radius 3 is 2.80 bits per heavy atom. The molecule has 0 saturated carbocycles. The van der Waals surface area contributed by atoms with E-state index >= 15 is 0 Å². The standard InChI is InChI=1S/C7H16N2O/c1-2-9-5-7(10)3-6(9)4-8/h6-7,10H,2-5,8H2,1H3. The molecule has 10 heavy (non-hydrogen) atoms. The molecule has 0 radical (unpaired) electrons. The van der Waals surface area contributed by atoms with E-state index in [0.717, 1.165) is 19.5 Å². The molecule has 2 unspecified atom stereocenters. The highest BCUT2D eigenvalue weighted by Gasteiger charge is 2.27. The fourth-order valence-corrected chi connectivity index (χ4v) is 1.59. The molecule has 0 bridgehead atoms. The number of hydrogen-bond acceptors (Lipinski definition) is 3. The lowest BCUT2D eigenvalue weighted by Gasteiger charge is -2.19. The average molecular weight is 144 g/mol. The Balaban J connectivity index is 2.41. The zero-order chi connectivity index (χ0) is 7.56. The van der Waals surface area contributed by atoms with Crippen molar-refractivity contribution in [2.75, 3.05) is 19.6 Å². The minimum Gasteiger partial charge on any atom is -0.392 e. The van der Waals surface area contributed by atoms with Crippen molar-refractivity contribution in [3.63, 3.8) is 0 Å². The van der Waals surface area contributed by atoms with Crippen LogP contribution in [0.2, 0.25) is 0 Å². The van der Waals surface area contributed by atoms with Crippen molar-refractivity contribution < 1.29 is 5.11 Å². The van der Waals surface area contributed by atoms with Crippen LogP contribution in [0.15, 0.2) is 0 Å². The van der Waals surface area contributed by atoms with Crippen LogP contribution < -0.4 is 5.73 Å². The van der Waals surface area contributed by atoms with Gasteiger partial charge in [-0.2, -0.15) is 0 Å². The summed E-state index contributed by atoms with van der Waals surface area (Å²) in [7, 11) is 0. The molecule has 1 heterocycles. The second-order valence-corrected chi connectivity index (χ2v) is 2.87. The Labute approximate surface area is 61.8 Å². The van der Waals surface area contributed by atoms with Gasteiger partial charge in [-0.05, 0) is 13.0 Å². The summed E-state index contributed by atoms with van der Waals surface area (Å²) in [4.78, 5) is 2.23. The van der Waals surface area contributed by atoms with Crippen molar-refractivity contribution in [1.82, 2.24) is 4.90 Å². The van der Waals surface area contributed by atoms with Gasteiger partial charge in [0, 0.05) is 19.1 Å². The summed E-state index contributed by atoms with van der Waals surface area (Å²) in [6.07, 6.45) is 0.707. The highest BCUT2D eigenvalue weighted by Crippen LogP contribution is 2.15. The highest BCUT2D eigenvalue weighted by atomic mass is 16.3. The molecule has 3 N–H and O–H groups in total. The molecular weight excluding hydrogens is 128 g/mol. The van der Waals surface area contributed by atoms with Crippen LogP contribution in [0.5, 0.6) is 0 Å². The molecule has 0 aliphatic carbocycles. The third-order valence-corrected chi connectivity index (χ3v) is 2.18. The van der Waals surface area contributed by atoms with Crippen molar-refractivity contribution in [1.29, 1.82) is 0 Å². The molecule has 0 aromatic heterocycles. The minimum absolute atomic E-state index is 0.145. The summed E-state index contributed by atoms with van der Waals surface area (Å²) in [5, 5.41) is 9.24. The number of rotatable bonds is 2. The molecule has 0 aromatic carbocycles.